The van der Waals surface area contributed by atoms with E-state index in [1.165, 1.54) is 16.6 Å². The van der Waals surface area contributed by atoms with Gasteiger partial charge < -0.3 is 14.0 Å². The van der Waals surface area contributed by atoms with Crippen LogP contribution >= 0.6 is 0 Å². The summed E-state index contributed by atoms with van der Waals surface area (Å²) < 4.78 is 10.6. The second-order valence-corrected chi connectivity index (χ2v) is 9.83. The summed E-state index contributed by atoms with van der Waals surface area (Å²) in [6.45, 7) is 1.20. The highest BCUT2D eigenvalue weighted by molar-refractivity contribution is 5.70. The van der Waals surface area contributed by atoms with Gasteiger partial charge in [-0.3, -0.25) is 14.0 Å². The Balaban J connectivity index is 1.03. The first-order valence-electron chi connectivity index (χ1n) is 11.6. The second kappa shape index (κ2) is 6.23. The van der Waals surface area contributed by atoms with E-state index in [0.29, 0.717) is 34.9 Å². The SMILES string of the molecule is Cn1cc(-c2ccc(N3C[C@@H]4[C@@H]5C3[C@@]45c3noc(Cn4cnc5ncn(C)c5c4=O)n3)cc2)cn1. The first-order valence-corrected chi connectivity index (χ1v) is 11.6. The van der Waals surface area contributed by atoms with Crippen LogP contribution in [0.4, 0.5) is 5.69 Å². The molecule has 6 heterocycles. The van der Waals surface area contributed by atoms with Gasteiger partial charge >= 0.3 is 0 Å². The molecule has 4 fully saturated rings. The maximum absolute atomic E-state index is 12.8. The van der Waals surface area contributed by atoms with E-state index in [4.69, 9.17) is 9.51 Å². The maximum Gasteiger partial charge on any atom is 0.280 e. The summed E-state index contributed by atoms with van der Waals surface area (Å²) >= 11 is 0. The maximum atomic E-state index is 12.8. The average Bonchev–Trinajstić information content (AvgIpc) is 3.34. The molecule has 4 atom stereocenters. The van der Waals surface area contributed by atoms with Gasteiger partial charge in [0.15, 0.2) is 17.0 Å². The lowest BCUT2D eigenvalue weighted by molar-refractivity contribution is 0.362. The number of fused-ring (bicyclic) bond motifs is 2. The lowest BCUT2D eigenvalue weighted by Crippen LogP contribution is -2.23. The van der Waals surface area contributed by atoms with Gasteiger partial charge in [0.2, 0.25) is 5.89 Å². The topological polar surface area (TPSA) is 113 Å². The molecule has 0 N–H and O–H groups in total. The van der Waals surface area contributed by atoms with E-state index >= 15 is 0 Å². The van der Waals surface area contributed by atoms with Gasteiger partial charge in [0.25, 0.3) is 5.56 Å². The Labute approximate surface area is 198 Å². The molecular weight excluding hydrogens is 446 g/mol. The molecule has 2 bridgehead atoms. The molecule has 1 aromatic carbocycles. The Kier molecular flexibility index (Phi) is 3.40. The number of rotatable bonds is 5. The molecule has 2 saturated heterocycles. The zero-order chi connectivity index (χ0) is 23.5. The van der Waals surface area contributed by atoms with Gasteiger partial charge in [-0.05, 0) is 23.6 Å². The molecule has 11 heteroatoms. The number of anilines is 1. The molecule has 5 aromatic rings. The van der Waals surface area contributed by atoms with Gasteiger partial charge in [0, 0.05) is 50.0 Å². The third kappa shape index (κ3) is 2.39. The molecule has 35 heavy (non-hydrogen) atoms. The minimum Gasteiger partial charge on any atom is -0.367 e. The summed E-state index contributed by atoms with van der Waals surface area (Å²) in [5.74, 6) is 2.33. The molecular formula is C24H21N9O2. The Morgan fingerprint density at radius 3 is 2.71 bits per heavy atom. The number of hydrogen-bond donors (Lipinski definition) is 0. The molecule has 174 valence electrons. The fourth-order valence-corrected chi connectivity index (χ4v) is 6.24. The van der Waals surface area contributed by atoms with E-state index in [-0.39, 0.29) is 17.5 Å². The number of imidazole rings is 1. The fraction of sp³-hybridized carbons (Fsp3) is 0.333. The predicted octanol–water partition coefficient (Wildman–Crippen LogP) is 1.35. The normalized spacial score (nSPS) is 25.9. The van der Waals surface area contributed by atoms with Gasteiger partial charge in [-0.1, -0.05) is 17.3 Å². The van der Waals surface area contributed by atoms with Crippen molar-refractivity contribution in [3.05, 3.63) is 71.4 Å². The van der Waals surface area contributed by atoms with E-state index in [2.05, 4.69) is 49.4 Å². The number of hydrogen-bond acceptors (Lipinski definition) is 8. The van der Waals surface area contributed by atoms with Crippen LogP contribution in [0.3, 0.4) is 0 Å². The summed E-state index contributed by atoms with van der Waals surface area (Å²) in [6, 6.07) is 9.10. The molecule has 9 rings (SSSR count). The van der Waals surface area contributed by atoms with Crippen LogP contribution in [0.1, 0.15) is 11.7 Å². The van der Waals surface area contributed by atoms with Gasteiger partial charge in [-0.2, -0.15) is 10.1 Å². The Bertz CT molecular complexity index is 1690. The van der Waals surface area contributed by atoms with Crippen LogP contribution in [0.5, 0.6) is 0 Å². The predicted molar refractivity (Wildman–Crippen MR) is 125 cm³/mol. The molecule has 0 spiro atoms. The lowest BCUT2D eigenvalue weighted by atomic mass is 10.1. The van der Waals surface area contributed by atoms with Crippen molar-refractivity contribution in [2.45, 2.75) is 18.0 Å². The third-order valence-corrected chi connectivity index (χ3v) is 8.04. The minimum absolute atomic E-state index is 0.00102. The number of benzene rings is 1. The quantitative estimate of drug-likeness (QED) is 0.381. The summed E-state index contributed by atoms with van der Waals surface area (Å²) in [4.78, 5) is 28.4. The van der Waals surface area contributed by atoms with E-state index in [0.717, 1.165) is 23.5 Å². The van der Waals surface area contributed by atoms with Crippen molar-refractivity contribution in [3.8, 4) is 11.1 Å². The molecule has 2 aliphatic carbocycles. The smallest absolute Gasteiger partial charge is 0.280 e. The van der Waals surface area contributed by atoms with Crippen molar-refractivity contribution in [2.75, 3.05) is 11.4 Å². The van der Waals surface area contributed by atoms with Gasteiger partial charge in [0.05, 0.1) is 17.9 Å². The number of aromatic nitrogens is 8. The van der Waals surface area contributed by atoms with Crippen LogP contribution in [-0.4, -0.2) is 51.6 Å². The highest BCUT2D eigenvalue weighted by Crippen LogP contribution is 2.85. The first-order chi connectivity index (χ1) is 17.1. The summed E-state index contributed by atoms with van der Waals surface area (Å²) in [5, 5.41) is 8.60. The van der Waals surface area contributed by atoms with Crippen LogP contribution in [0.25, 0.3) is 22.3 Å². The lowest BCUT2D eigenvalue weighted by Gasteiger charge is -2.19. The summed E-state index contributed by atoms with van der Waals surface area (Å²) in [5.41, 5.74) is 4.21. The van der Waals surface area contributed by atoms with Crippen LogP contribution in [0, 0.1) is 11.8 Å². The monoisotopic (exact) mass is 467 g/mol. The van der Waals surface area contributed by atoms with Crippen molar-refractivity contribution in [1.82, 2.24) is 39.0 Å². The van der Waals surface area contributed by atoms with Crippen LogP contribution in [0.2, 0.25) is 0 Å². The molecule has 4 aromatic heterocycles. The molecule has 0 amide bonds. The zero-order valence-corrected chi connectivity index (χ0v) is 19.1. The average molecular weight is 467 g/mol. The van der Waals surface area contributed by atoms with Crippen LogP contribution in [0.15, 0.2) is 58.6 Å². The zero-order valence-electron chi connectivity index (χ0n) is 19.1. The van der Waals surface area contributed by atoms with Crippen LogP contribution in [-0.2, 0) is 26.1 Å². The highest BCUT2D eigenvalue weighted by Gasteiger charge is 2.95. The summed E-state index contributed by atoms with van der Waals surface area (Å²) in [6.07, 6.45) is 6.97. The molecule has 0 radical (unpaired) electrons. The molecule has 2 saturated carbocycles. The standard InChI is InChI=1S/C24H21N9O2/c1-30-11-25-21-19(30)22(34)32(12-26-21)10-17-28-23(29-35-17)24-16-9-33(20(24)18(16)24)15-5-3-13(4-6-15)14-7-27-31(2)8-14/h3-8,11-12,16,18,20H,9-10H2,1-2H3/t16-,18-,20?,24-/m1/s1. The molecule has 11 nitrogen and oxygen atoms in total. The van der Waals surface area contributed by atoms with E-state index in [1.807, 2.05) is 24.1 Å². The Morgan fingerprint density at radius 2 is 1.94 bits per heavy atom. The number of nitrogens with zero attached hydrogens (tertiary/aromatic N) is 9. The highest BCUT2D eigenvalue weighted by atomic mass is 16.5. The van der Waals surface area contributed by atoms with Gasteiger partial charge in [0.1, 0.15) is 12.9 Å². The van der Waals surface area contributed by atoms with E-state index in [9.17, 15) is 4.79 Å². The second-order valence-electron chi connectivity index (χ2n) is 9.83. The van der Waals surface area contributed by atoms with Crippen molar-refractivity contribution in [1.29, 1.82) is 0 Å². The first kappa shape index (κ1) is 19.1. The molecule has 2 aliphatic heterocycles. The van der Waals surface area contributed by atoms with Crippen molar-refractivity contribution in [3.63, 3.8) is 0 Å². The fourth-order valence-electron chi connectivity index (χ4n) is 6.24. The number of aryl methyl sites for hydroxylation is 2. The number of piperidine rings is 1. The largest absolute Gasteiger partial charge is 0.367 e. The van der Waals surface area contributed by atoms with Gasteiger partial charge in [-0.15, -0.1) is 0 Å². The van der Waals surface area contributed by atoms with E-state index in [1.54, 1.807) is 17.9 Å². The van der Waals surface area contributed by atoms with Gasteiger partial charge in [-0.25, -0.2) is 9.97 Å². The van der Waals surface area contributed by atoms with Crippen LogP contribution < -0.4 is 10.5 Å². The van der Waals surface area contributed by atoms with Crippen molar-refractivity contribution < 1.29 is 4.52 Å². The minimum atomic E-state index is -0.176. The van der Waals surface area contributed by atoms with Crippen molar-refractivity contribution in [2.24, 2.45) is 25.9 Å². The Morgan fingerprint density at radius 1 is 1.11 bits per heavy atom. The third-order valence-electron chi connectivity index (χ3n) is 8.04. The summed E-state index contributed by atoms with van der Waals surface area (Å²) in [7, 11) is 3.70. The molecule has 4 aliphatic rings. The Hall–Kier alpha value is -4.28. The van der Waals surface area contributed by atoms with E-state index < -0.39 is 0 Å². The van der Waals surface area contributed by atoms with Crippen molar-refractivity contribution >= 4 is 16.9 Å². The molecule has 1 unspecified atom stereocenters.